The summed E-state index contributed by atoms with van der Waals surface area (Å²) in [5.41, 5.74) is 1.12. The summed E-state index contributed by atoms with van der Waals surface area (Å²) in [6, 6.07) is 10.1. The van der Waals surface area contributed by atoms with Crippen molar-refractivity contribution in [2.24, 2.45) is 0 Å². The molecule has 1 aromatic carbocycles. The Hall–Kier alpha value is -1.02. The van der Waals surface area contributed by atoms with Crippen molar-refractivity contribution in [1.29, 1.82) is 0 Å². The largest absolute Gasteiger partial charge is 0.342 e. The fourth-order valence-electron chi connectivity index (χ4n) is 2.53. The number of rotatable bonds is 3. The highest BCUT2D eigenvalue weighted by molar-refractivity contribution is 6.20. The highest BCUT2D eigenvalue weighted by atomic mass is 35.5. The van der Waals surface area contributed by atoms with Crippen LogP contribution >= 0.6 is 11.6 Å². The molecule has 1 amide bonds. The van der Waals surface area contributed by atoms with Crippen molar-refractivity contribution in [2.75, 3.05) is 13.1 Å². The van der Waals surface area contributed by atoms with Gasteiger partial charge in [0.05, 0.1) is 5.92 Å². The molecule has 0 radical (unpaired) electrons. The molecule has 1 heterocycles. The van der Waals surface area contributed by atoms with Crippen LogP contribution in [0.5, 0.6) is 0 Å². The van der Waals surface area contributed by atoms with Gasteiger partial charge < -0.3 is 4.90 Å². The molecule has 3 heteroatoms. The number of benzene rings is 1. The van der Waals surface area contributed by atoms with Crippen molar-refractivity contribution in [3.8, 4) is 0 Å². The van der Waals surface area contributed by atoms with Crippen molar-refractivity contribution in [2.45, 2.75) is 37.5 Å². The van der Waals surface area contributed by atoms with Crippen LogP contribution in [0.1, 0.15) is 37.7 Å². The summed E-state index contributed by atoms with van der Waals surface area (Å²) in [4.78, 5) is 14.5. The van der Waals surface area contributed by atoms with E-state index in [4.69, 9.17) is 11.6 Å². The molecule has 1 unspecified atom stereocenters. The van der Waals surface area contributed by atoms with Gasteiger partial charge in [-0.15, -0.1) is 11.6 Å². The van der Waals surface area contributed by atoms with Crippen LogP contribution < -0.4 is 0 Å². The minimum absolute atomic E-state index is 0.00178. The van der Waals surface area contributed by atoms with E-state index < -0.39 is 0 Å². The maximum Gasteiger partial charge on any atom is 0.230 e. The first kappa shape index (κ1) is 13.4. The first-order valence-corrected chi connectivity index (χ1v) is 7.13. The molecular weight excluding hydrogens is 246 g/mol. The number of hydrogen-bond donors (Lipinski definition) is 0. The van der Waals surface area contributed by atoms with Crippen LogP contribution in [-0.4, -0.2) is 29.3 Å². The molecule has 0 aromatic heterocycles. The van der Waals surface area contributed by atoms with E-state index in [1.165, 1.54) is 0 Å². The van der Waals surface area contributed by atoms with Gasteiger partial charge in [-0.25, -0.2) is 0 Å². The molecular formula is C15H20ClNO. The Bertz CT molecular complexity index is 385. The Labute approximate surface area is 114 Å². The van der Waals surface area contributed by atoms with Crippen LogP contribution in [0.15, 0.2) is 30.3 Å². The van der Waals surface area contributed by atoms with E-state index in [1.54, 1.807) is 0 Å². The van der Waals surface area contributed by atoms with Gasteiger partial charge in [0, 0.05) is 18.5 Å². The van der Waals surface area contributed by atoms with Crippen LogP contribution in [0.25, 0.3) is 0 Å². The normalized spacial score (nSPS) is 18.7. The molecule has 1 aliphatic rings. The maximum atomic E-state index is 12.5. The van der Waals surface area contributed by atoms with Gasteiger partial charge in [-0.2, -0.15) is 0 Å². The van der Waals surface area contributed by atoms with E-state index in [2.05, 4.69) is 6.92 Å². The minimum Gasteiger partial charge on any atom is -0.342 e. The third kappa shape index (κ3) is 3.05. The molecule has 0 N–H and O–H groups in total. The molecule has 1 aliphatic heterocycles. The van der Waals surface area contributed by atoms with Gasteiger partial charge in [0.15, 0.2) is 0 Å². The highest BCUT2D eigenvalue weighted by Gasteiger charge is 2.27. The van der Waals surface area contributed by atoms with E-state index in [9.17, 15) is 4.79 Å². The molecule has 98 valence electrons. The zero-order valence-corrected chi connectivity index (χ0v) is 11.6. The summed E-state index contributed by atoms with van der Waals surface area (Å²) in [5, 5.41) is 0.242. The third-order valence-corrected chi connectivity index (χ3v) is 4.08. The molecule has 1 fully saturated rings. The number of carbonyl (C=O) groups excluding carboxylic acids is 1. The number of carbonyl (C=O) groups is 1. The molecule has 0 spiro atoms. The van der Waals surface area contributed by atoms with Crippen molar-refractivity contribution < 1.29 is 4.79 Å². The van der Waals surface area contributed by atoms with Gasteiger partial charge in [0.1, 0.15) is 0 Å². The number of halogens is 1. The molecule has 0 saturated carbocycles. The summed E-state index contributed by atoms with van der Waals surface area (Å²) in [7, 11) is 0. The van der Waals surface area contributed by atoms with Crippen molar-refractivity contribution >= 4 is 17.5 Å². The van der Waals surface area contributed by atoms with Crippen molar-refractivity contribution in [3.63, 3.8) is 0 Å². The quantitative estimate of drug-likeness (QED) is 0.767. The van der Waals surface area contributed by atoms with E-state index in [1.807, 2.05) is 35.2 Å². The summed E-state index contributed by atoms with van der Waals surface area (Å²) in [6.07, 6.45) is 2.68. The summed E-state index contributed by atoms with van der Waals surface area (Å²) in [6.45, 7) is 3.68. The molecule has 2 rings (SSSR count). The fourth-order valence-corrected chi connectivity index (χ4v) is 2.72. The second kappa shape index (κ2) is 6.24. The van der Waals surface area contributed by atoms with Crippen molar-refractivity contribution in [1.82, 2.24) is 4.90 Å². The van der Waals surface area contributed by atoms with Crippen LogP contribution in [0.2, 0.25) is 0 Å². The number of likely N-dealkylation sites (tertiary alicyclic amines) is 1. The Balaban J connectivity index is 2.06. The Morgan fingerprint density at radius 2 is 1.94 bits per heavy atom. The first-order chi connectivity index (χ1) is 8.72. The maximum absolute atomic E-state index is 12.5. The number of alkyl halides is 1. The minimum atomic E-state index is -0.00178. The Kier molecular flexibility index (Phi) is 4.65. The number of amides is 1. The molecule has 0 bridgehead atoms. The Morgan fingerprint density at radius 3 is 2.50 bits per heavy atom. The zero-order chi connectivity index (χ0) is 13.0. The molecule has 1 aromatic rings. The van der Waals surface area contributed by atoms with E-state index in [0.29, 0.717) is 0 Å². The average Bonchev–Trinajstić information content (AvgIpc) is 2.41. The molecule has 1 atom stereocenters. The lowest BCUT2D eigenvalue weighted by Gasteiger charge is -2.32. The van der Waals surface area contributed by atoms with Gasteiger partial charge in [-0.3, -0.25) is 4.79 Å². The number of piperidine rings is 1. The second-order valence-corrected chi connectivity index (χ2v) is 5.49. The topological polar surface area (TPSA) is 20.3 Å². The second-order valence-electron chi connectivity index (χ2n) is 4.87. The van der Waals surface area contributed by atoms with E-state index in [0.717, 1.165) is 37.9 Å². The van der Waals surface area contributed by atoms with Crippen LogP contribution in [-0.2, 0) is 4.79 Å². The third-order valence-electron chi connectivity index (χ3n) is 3.64. The van der Waals surface area contributed by atoms with Crippen molar-refractivity contribution in [3.05, 3.63) is 35.9 Å². The van der Waals surface area contributed by atoms with Crippen LogP contribution in [0.4, 0.5) is 0 Å². The predicted octanol–water partition coefficient (Wildman–Crippen LogP) is 3.41. The zero-order valence-electron chi connectivity index (χ0n) is 10.8. The van der Waals surface area contributed by atoms with E-state index >= 15 is 0 Å². The van der Waals surface area contributed by atoms with Crippen LogP contribution in [0, 0.1) is 0 Å². The number of hydrogen-bond acceptors (Lipinski definition) is 1. The molecule has 18 heavy (non-hydrogen) atoms. The van der Waals surface area contributed by atoms with Gasteiger partial charge in [-0.05, 0) is 24.8 Å². The van der Waals surface area contributed by atoms with Gasteiger partial charge in [0.25, 0.3) is 0 Å². The molecule has 2 nitrogen and oxygen atoms in total. The number of nitrogens with zero attached hydrogens (tertiary/aromatic N) is 1. The smallest absolute Gasteiger partial charge is 0.230 e. The van der Waals surface area contributed by atoms with Gasteiger partial charge in [-0.1, -0.05) is 37.3 Å². The SMILES string of the molecule is CCC(C(=O)N1CCC(Cl)CC1)c1ccccc1. The summed E-state index contributed by atoms with van der Waals surface area (Å²) in [5.74, 6) is 0.255. The summed E-state index contributed by atoms with van der Waals surface area (Å²) < 4.78 is 0. The lowest BCUT2D eigenvalue weighted by molar-refractivity contribution is -0.133. The monoisotopic (exact) mass is 265 g/mol. The van der Waals surface area contributed by atoms with Crippen LogP contribution in [0.3, 0.4) is 0 Å². The lowest BCUT2D eigenvalue weighted by Crippen LogP contribution is -2.41. The molecule has 1 saturated heterocycles. The predicted molar refractivity (Wildman–Crippen MR) is 74.9 cm³/mol. The fraction of sp³-hybridized carbons (Fsp3) is 0.533. The molecule has 0 aliphatic carbocycles. The lowest BCUT2D eigenvalue weighted by atomic mass is 9.94. The first-order valence-electron chi connectivity index (χ1n) is 6.70. The van der Waals surface area contributed by atoms with Gasteiger partial charge >= 0.3 is 0 Å². The average molecular weight is 266 g/mol. The van der Waals surface area contributed by atoms with E-state index in [-0.39, 0.29) is 17.2 Å². The standard InChI is InChI=1S/C15H20ClNO/c1-2-14(12-6-4-3-5-7-12)15(18)17-10-8-13(16)9-11-17/h3-7,13-14H,2,8-11H2,1H3. The summed E-state index contributed by atoms with van der Waals surface area (Å²) >= 11 is 6.08. The van der Waals surface area contributed by atoms with Gasteiger partial charge in [0.2, 0.25) is 5.91 Å². The highest BCUT2D eigenvalue weighted by Crippen LogP contribution is 2.24. The Morgan fingerprint density at radius 1 is 1.33 bits per heavy atom.